The first kappa shape index (κ1) is 12.9. The van der Waals surface area contributed by atoms with Gasteiger partial charge in [0, 0.05) is 22.5 Å². The van der Waals surface area contributed by atoms with Gasteiger partial charge in [0.2, 0.25) is 0 Å². The first-order valence-electron chi connectivity index (χ1n) is 6.33. The molecule has 94 valence electrons. The van der Waals surface area contributed by atoms with Gasteiger partial charge in [-0.3, -0.25) is 0 Å². The Kier molecular flexibility index (Phi) is 4.10. The number of nitrogens with two attached hydrogens (primary N) is 1. The van der Waals surface area contributed by atoms with E-state index in [9.17, 15) is 0 Å². The first-order valence-corrected chi connectivity index (χ1v) is 7.12. The van der Waals surface area contributed by atoms with Gasteiger partial charge >= 0.3 is 0 Å². The maximum absolute atomic E-state index is 6.23. The first-order chi connectivity index (χ1) is 8.11. The second kappa shape index (κ2) is 5.40. The fourth-order valence-corrected chi connectivity index (χ4v) is 2.83. The maximum Gasteiger partial charge on any atom is 0.125 e. The Morgan fingerprint density at radius 1 is 1.53 bits per heavy atom. The van der Waals surface area contributed by atoms with Gasteiger partial charge in [0.05, 0.1) is 0 Å². The molecule has 1 aliphatic heterocycles. The molecule has 2 nitrogen and oxygen atoms in total. The zero-order valence-electron chi connectivity index (χ0n) is 10.4. The molecule has 2 N–H and O–H groups in total. The van der Waals surface area contributed by atoms with E-state index < -0.39 is 0 Å². The average Bonchev–Trinajstić information content (AvgIpc) is 2.28. The summed E-state index contributed by atoms with van der Waals surface area (Å²) in [7, 11) is 0. The van der Waals surface area contributed by atoms with E-state index in [1.165, 1.54) is 12.8 Å². The van der Waals surface area contributed by atoms with Crippen molar-refractivity contribution < 1.29 is 4.74 Å². The standard InChI is InChI=1S/C14H20BrNO/c1-3-4-9(2)13-8-12(16)11-6-5-10(15)7-14(11)17-13/h5-7,9,12-13H,3-4,8,16H2,1-2H3/t9?,12-,13?/m1/s1. The van der Waals surface area contributed by atoms with Crippen LogP contribution in [0.4, 0.5) is 0 Å². The molecule has 0 amide bonds. The Morgan fingerprint density at radius 2 is 2.29 bits per heavy atom. The summed E-state index contributed by atoms with van der Waals surface area (Å²) in [5.41, 5.74) is 7.36. The summed E-state index contributed by atoms with van der Waals surface area (Å²) in [5.74, 6) is 1.52. The van der Waals surface area contributed by atoms with Gasteiger partial charge in [-0.1, -0.05) is 42.3 Å². The second-order valence-corrected chi connectivity index (χ2v) is 5.86. The summed E-state index contributed by atoms with van der Waals surface area (Å²) in [4.78, 5) is 0. The predicted molar refractivity (Wildman–Crippen MR) is 74.2 cm³/mol. The zero-order chi connectivity index (χ0) is 12.4. The highest BCUT2D eigenvalue weighted by atomic mass is 79.9. The van der Waals surface area contributed by atoms with Crippen LogP contribution < -0.4 is 10.5 Å². The molecule has 17 heavy (non-hydrogen) atoms. The van der Waals surface area contributed by atoms with Gasteiger partial charge in [-0.2, -0.15) is 0 Å². The number of hydrogen-bond donors (Lipinski definition) is 1. The fourth-order valence-electron chi connectivity index (χ4n) is 2.49. The van der Waals surface area contributed by atoms with E-state index in [0.717, 1.165) is 22.2 Å². The van der Waals surface area contributed by atoms with Gasteiger partial charge in [-0.25, -0.2) is 0 Å². The van der Waals surface area contributed by atoms with Crippen LogP contribution in [0.3, 0.4) is 0 Å². The van der Waals surface area contributed by atoms with Crippen LogP contribution in [0, 0.1) is 5.92 Å². The lowest BCUT2D eigenvalue weighted by Gasteiger charge is -2.33. The third-order valence-corrected chi connectivity index (χ3v) is 4.01. The van der Waals surface area contributed by atoms with Crippen LogP contribution in [0.1, 0.15) is 44.7 Å². The van der Waals surface area contributed by atoms with Gasteiger partial charge in [-0.05, 0) is 24.5 Å². The highest BCUT2D eigenvalue weighted by molar-refractivity contribution is 9.10. The summed E-state index contributed by atoms with van der Waals surface area (Å²) in [6.07, 6.45) is 3.57. The van der Waals surface area contributed by atoms with E-state index in [2.05, 4.69) is 35.8 Å². The summed E-state index contributed by atoms with van der Waals surface area (Å²) >= 11 is 3.48. The van der Waals surface area contributed by atoms with Gasteiger partial charge in [0.1, 0.15) is 11.9 Å². The molecule has 1 heterocycles. The van der Waals surface area contributed by atoms with Crippen molar-refractivity contribution >= 4 is 15.9 Å². The summed E-state index contributed by atoms with van der Waals surface area (Å²) < 4.78 is 7.14. The average molecular weight is 298 g/mol. The van der Waals surface area contributed by atoms with Crippen molar-refractivity contribution in [2.45, 2.75) is 45.3 Å². The Bertz CT molecular complexity index is 394. The van der Waals surface area contributed by atoms with Crippen LogP contribution in [-0.4, -0.2) is 6.10 Å². The van der Waals surface area contributed by atoms with E-state index >= 15 is 0 Å². The molecule has 0 spiro atoms. The smallest absolute Gasteiger partial charge is 0.125 e. The van der Waals surface area contributed by atoms with E-state index in [-0.39, 0.29) is 12.1 Å². The third kappa shape index (κ3) is 2.83. The molecule has 3 atom stereocenters. The van der Waals surface area contributed by atoms with E-state index in [0.29, 0.717) is 5.92 Å². The van der Waals surface area contributed by atoms with Crippen LogP contribution >= 0.6 is 15.9 Å². The third-order valence-electron chi connectivity index (χ3n) is 3.52. The molecule has 1 aromatic carbocycles. The van der Waals surface area contributed by atoms with Crippen molar-refractivity contribution in [2.24, 2.45) is 11.7 Å². The van der Waals surface area contributed by atoms with Crippen molar-refractivity contribution in [3.63, 3.8) is 0 Å². The monoisotopic (exact) mass is 297 g/mol. The van der Waals surface area contributed by atoms with Crippen LogP contribution in [0.25, 0.3) is 0 Å². The highest BCUT2D eigenvalue weighted by Crippen LogP contribution is 2.37. The van der Waals surface area contributed by atoms with Crippen molar-refractivity contribution in [3.8, 4) is 5.75 Å². The Labute approximate surface area is 112 Å². The van der Waals surface area contributed by atoms with Crippen LogP contribution in [0.2, 0.25) is 0 Å². The molecule has 0 aromatic heterocycles. The van der Waals surface area contributed by atoms with Gasteiger partial charge < -0.3 is 10.5 Å². The number of ether oxygens (including phenoxy) is 1. The van der Waals surface area contributed by atoms with Crippen molar-refractivity contribution in [1.29, 1.82) is 0 Å². The molecule has 0 radical (unpaired) electrons. The Morgan fingerprint density at radius 3 is 3.00 bits per heavy atom. The lowest BCUT2D eigenvalue weighted by atomic mass is 9.89. The van der Waals surface area contributed by atoms with E-state index in [4.69, 9.17) is 10.5 Å². The number of fused-ring (bicyclic) bond motifs is 1. The summed E-state index contributed by atoms with van der Waals surface area (Å²) in [6.45, 7) is 4.47. The summed E-state index contributed by atoms with van der Waals surface area (Å²) in [5, 5.41) is 0. The largest absolute Gasteiger partial charge is 0.490 e. The van der Waals surface area contributed by atoms with Gasteiger partial charge in [-0.15, -0.1) is 0 Å². The minimum Gasteiger partial charge on any atom is -0.490 e. The van der Waals surface area contributed by atoms with Crippen molar-refractivity contribution in [3.05, 3.63) is 28.2 Å². The molecule has 0 saturated carbocycles. The minimum absolute atomic E-state index is 0.108. The second-order valence-electron chi connectivity index (χ2n) is 4.95. The van der Waals surface area contributed by atoms with Crippen LogP contribution in [0.5, 0.6) is 5.75 Å². The minimum atomic E-state index is 0.108. The van der Waals surface area contributed by atoms with Crippen LogP contribution in [0.15, 0.2) is 22.7 Å². The molecule has 1 aliphatic rings. The molecule has 0 saturated heterocycles. The Balaban J connectivity index is 2.19. The number of hydrogen-bond acceptors (Lipinski definition) is 2. The van der Waals surface area contributed by atoms with Crippen LogP contribution in [-0.2, 0) is 0 Å². The van der Waals surface area contributed by atoms with Gasteiger partial charge in [0.25, 0.3) is 0 Å². The van der Waals surface area contributed by atoms with E-state index in [1.807, 2.05) is 12.1 Å². The fraction of sp³-hybridized carbons (Fsp3) is 0.571. The Hall–Kier alpha value is -0.540. The lowest BCUT2D eigenvalue weighted by Crippen LogP contribution is -2.34. The SMILES string of the molecule is CCCC(C)C1C[C@@H](N)c2ccc(Br)cc2O1. The molecular weight excluding hydrogens is 278 g/mol. The quantitative estimate of drug-likeness (QED) is 0.914. The molecule has 3 heteroatoms. The lowest BCUT2D eigenvalue weighted by molar-refractivity contribution is 0.102. The topological polar surface area (TPSA) is 35.2 Å². The summed E-state index contributed by atoms with van der Waals surface area (Å²) in [6, 6.07) is 6.22. The molecule has 0 fully saturated rings. The maximum atomic E-state index is 6.23. The predicted octanol–water partition coefficient (Wildman–Crippen LogP) is 4.04. The molecule has 0 bridgehead atoms. The zero-order valence-corrected chi connectivity index (χ0v) is 12.0. The molecule has 1 aromatic rings. The molecule has 2 rings (SSSR count). The van der Waals surface area contributed by atoms with Crippen molar-refractivity contribution in [2.75, 3.05) is 0 Å². The molecule has 2 unspecified atom stereocenters. The number of rotatable bonds is 3. The van der Waals surface area contributed by atoms with E-state index in [1.54, 1.807) is 0 Å². The molecular formula is C14H20BrNO. The highest BCUT2D eigenvalue weighted by Gasteiger charge is 2.29. The molecule has 0 aliphatic carbocycles. The normalized spacial score (nSPS) is 24.9. The van der Waals surface area contributed by atoms with Gasteiger partial charge in [0.15, 0.2) is 0 Å². The number of halogens is 1. The van der Waals surface area contributed by atoms with Crippen molar-refractivity contribution in [1.82, 2.24) is 0 Å². The number of benzene rings is 1.